The molecule has 1 atom stereocenters. The number of hydrogen-bond acceptors (Lipinski definition) is 4. The molecule has 0 spiro atoms. The second kappa shape index (κ2) is 6.32. The zero-order valence-electron chi connectivity index (χ0n) is 8.75. The molecule has 1 aromatic heterocycles. The van der Waals surface area contributed by atoms with Crippen LogP contribution in [-0.4, -0.2) is 18.6 Å². The normalized spacial score (nSPS) is 13.0. The first-order chi connectivity index (χ1) is 6.74. The van der Waals surface area contributed by atoms with Crippen LogP contribution in [0.4, 0.5) is 5.69 Å². The molecule has 0 radical (unpaired) electrons. The van der Waals surface area contributed by atoms with Crippen LogP contribution in [0.5, 0.6) is 0 Å². The summed E-state index contributed by atoms with van der Waals surface area (Å²) in [4.78, 5) is 1.25. The van der Waals surface area contributed by atoms with Gasteiger partial charge in [0.2, 0.25) is 0 Å². The van der Waals surface area contributed by atoms with E-state index in [0.717, 1.165) is 24.7 Å². The maximum Gasteiger partial charge on any atom is 0.0468 e. The van der Waals surface area contributed by atoms with Crippen LogP contribution in [0.3, 0.4) is 0 Å². The predicted octanol–water partition coefficient (Wildman–Crippen LogP) is 2.42. The first kappa shape index (κ1) is 11.9. The van der Waals surface area contributed by atoms with Crippen molar-refractivity contribution in [2.45, 2.75) is 13.5 Å². The molecule has 2 nitrogen and oxygen atoms in total. The van der Waals surface area contributed by atoms with Gasteiger partial charge in [-0.15, -0.1) is 11.3 Å². The molecule has 1 heterocycles. The highest BCUT2D eigenvalue weighted by Crippen LogP contribution is 2.18. The summed E-state index contributed by atoms with van der Waals surface area (Å²) < 4.78 is 0. The minimum absolute atomic E-state index is 0.728. The van der Waals surface area contributed by atoms with Crippen molar-refractivity contribution in [2.75, 3.05) is 24.3 Å². The van der Waals surface area contributed by atoms with Crippen molar-refractivity contribution in [1.82, 2.24) is 5.32 Å². The van der Waals surface area contributed by atoms with Crippen molar-refractivity contribution in [1.29, 1.82) is 0 Å². The lowest BCUT2D eigenvalue weighted by Gasteiger charge is -2.10. The van der Waals surface area contributed by atoms with Crippen LogP contribution in [0.1, 0.15) is 11.8 Å². The molecule has 1 rings (SSSR count). The molecule has 0 aromatic carbocycles. The van der Waals surface area contributed by atoms with Gasteiger partial charge in [-0.3, -0.25) is 0 Å². The Labute approximate surface area is 94.3 Å². The monoisotopic (exact) mass is 230 g/mol. The highest BCUT2D eigenvalue weighted by molar-refractivity contribution is 7.98. The van der Waals surface area contributed by atoms with Gasteiger partial charge in [-0.25, -0.2) is 0 Å². The molecule has 4 heteroatoms. The van der Waals surface area contributed by atoms with Gasteiger partial charge in [0, 0.05) is 17.1 Å². The second-order valence-corrected chi connectivity index (χ2v) is 5.40. The van der Waals surface area contributed by atoms with Gasteiger partial charge >= 0.3 is 0 Å². The molecular formula is C10H18N2S2. The molecule has 0 saturated heterocycles. The van der Waals surface area contributed by atoms with E-state index >= 15 is 0 Å². The fraction of sp³-hybridized carbons (Fsp3) is 0.600. The fourth-order valence-electron chi connectivity index (χ4n) is 1.27. The summed E-state index contributed by atoms with van der Waals surface area (Å²) in [5.41, 5.74) is 6.70. The van der Waals surface area contributed by atoms with E-state index < -0.39 is 0 Å². The summed E-state index contributed by atoms with van der Waals surface area (Å²) in [7, 11) is 0. The average molecular weight is 230 g/mol. The van der Waals surface area contributed by atoms with Crippen LogP contribution in [0.25, 0.3) is 0 Å². The van der Waals surface area contributed by atoms with Crippen LogP contribution in [0, 0.1) is 5.92 Å². The van der Waals surface area contributed by atoms with E-state index in [1.807, 2.05) is 23.2 Å². The van der Waals surface area contributed by atoms with Gasteiger partial charge in [-0.1, -0.05) is 6.92 Å². The van der Waals surface area contributed by atoms with Crippen LogP contribution < -0.4 is 11.1 Å². The van der Waals surface area contributed by atoms with E-state index in [2.05, 4.69) is 18.5 Å². The molecule has 0 saturated carbocycles. The Morgan fingerprint density at radius 2 is 2.43 bits per heavy atom. The van der Waals surface area contributed by atoms with Gasteiger partial charge in [0.25, 0.3) is 0 Å². The third-order valence-corrected chi connectivity index (χ3v) is 3.85. The molecule has 1 unspecified atom stereocenters. The van der Waals surface area contributed by atoms with Crippen molar-refractivity contribution in [3.63, 3.8) is 0 Å². The first-order valence-electron chi connectivity index (χ1n) is 4.75. The molecule has 3 N–H and O–H groups in total. The van der Waals surface area contributed by atoms with E-state index in [1.165, 1.54) is 10.6 Å². The fourth-order valence-corrected chi connectivity index (χ4v) is 2.73. The molecular weight excluding hydrogens is 212 g/mol. The van der Waals surface area contributed by atoms with Gasteiger partial charge in [0.1, 0.15) is 0 Å². The number of nitrogen functional groups attached to an aromatic ring is 1. The van der Waals surface area contributed by atoms with E-state index in [1.54, 1.807) is 11.3 Å². The minimum Gasteiger partial charge on any atom is -0.398 e. The predicted molar refractivity (Wildman–Crippen MR) is 68.0 cm³/mol. The van der Waals surface area contributed by atoms with Crippen LogP contribution in [0.2, 0.25) is 0 Å². The SMILES string of the molecule is CSCC(C)CNCc1sccc1N. The van der Waals surface area contributed by atoms with E-state index in [-0.39, 0.29) is 0 Å². The topological polar surface area (TPSA) is 38.0 Å². The summed E-state index contributed by atoms with van der Waals surface area (Å²) >= 11 is 3.62. The number of rotatable bonds is 6. The number of hydrogen-bond donors (Lipinski definition) is 2. The first-order valence-corrected chi connectivity index (χ1v) is 7.03. The standard InChI is InChI=1S/C10H18N2S2/c1-8(7-13-2)5-12-6-10-9(11)3-4-14-10/h3-4,8,12H,5-7,11H2,1-2H3. The van der Waals surface area contributed by atoms with E-state index in [9.17, 15) is 0 Å². The highest BCUT2D eigenvalue weighted by Gasteiger charge is 2.02. The minimum atomic E-state index is 0.728. The lowest BCUT2D eigenvalue weighted by Crippen LogP contribution is -2.21. The van der Waals surface area contributed by atoms with Crippen molar-refractivity contribution >= 4 is 28.8 Å². The number of nitrogens with one attached hydrogen (secondary N) is 1. The average Bonchev–Trinajstić information content (AvgIpc) is 2.52. The van der Waals surface area contributed by atoms with Crippen LogP contribution >= 0.6 is 23.1 Å². The number of anilines is 1. The second-order valence-electron chi connectivity index (χ2n) is 3.49. The molecule has 0 aliphatic rings. The quantitative estimate of drug-likeness (QED) is 0.788. The van der Waals surface area contributed by atoms with E-state index in [0.29, 0.717) is 0 Å². The molecule has 80 valence electrons. The van der Waals surface area contributed by atoms with Crippen molar-refractivity contribution in [3.8, 4) is 0 Å². The maximum absolute atomic E-state index is 5.78. The van der Waals surface area contributed by atoms with Crippen LogP contribution in [-0.2, 0) is 6.54 Å². The van der Waals surface area contributed by atoms with E-state index in [4.69, 9.17) is 5.73 Å². The lowest BCUT2D eigenvalue weighted by atomic mass is 10.2. The summed E-state index contributed by atoms with van der Waals surface area (Å²) in [6, 6.07) is 1.97. The Hall–Kier alpha value is -0.190. The summed E-state index contributed by atoms with van der Waals surface area (Å²) in [6.07, 6.45) is 2.15. The Bertz CT molecular complexity index is 260. The van der Waals surface area contributed by atoms with Crippen molar-refractivity contribution in [2.24, 2.45) is 5.92 Å². The summed E-state index contributed by atoms with van der Waals surface area (Å²) in [6.45, 7) is 4.24. The van der Waals surface area contributed by atoms with Crippen molar-refractivity contribution < 1.29 is 0 Å². The zero-order chi connectivity index (χ0) is 10.4. The molecule has 14 heavy (non-hydrogen) atoms. The van der Waals surface area contributed by atoms with Crippen molar-refractivity contribution in [3.05, 3.63) is 16.3 Å². The lowest BCUT2D eigenvalue weighted by molar-refractivity contribution is 0.562. The number of nitrogens with two attached hydrogens (primary N) is 1. The summed E-state index contributed by atoms with van der Waals surface area (Å²) in [5.74, 6) is 1.94. The Kier molecular flexibility index (Phi) is 5.37. The van der Waals surface area contributed by atoms with Gasteiger partial charge in [-0.2, -0.15) is 11.8 Å². The Balaban J connectivity index is 2.19. The number of thiophene rings is 1. The smallest absolute Gasteiger partial charge is 0.0468 e. The Morgan fingerprint density at radius 1 is 1.64 bits per heavy atom. The van der Waals surface area contributed by atoms with Gasteiger partial charge in [0.05, 0.1) is 0 Å². The van der Waals surface area contributed by atoms with Gasteiger partial charge < -0.3 is 11.1 Å². The molecule has 0 bridgehead atoms. The third-order valence-electron chi connectivity index (χ3n) is 2.01. The van der Waals surface area contributed by atoms with Gasteiger partial charge in [-0.05, 0) is 35.9 Å². The summed E-state index contributed by atoms with van der Waals surface area (Å²) in [5, 5.41) is 5.47. The highest BCUT2D eigenvalue weighted by atomic mass is 32.2. The maximum atomic E-state index is 5.78. The third kappa shape index (κ3) is 3.90. The van der Waals surface area contributed by atoms with Gasteiger partial charge in [0.15, 0.2) is 0 Å². The molecule has 0 aliphatic carbocycles. The zero-order valence-corrected chi connectivity index (χ0v) is 10.4. The molecule has 0 fully saturated rings. The number of thioether (sulfide) groups is 1. The Morgan fingerprint density at radius 3 is 3.00 bits per heavy atom. The van der Waals surface area contributed by atoms with Crippen LogP contribution in [0.15, 0.2) is 11.4 Å². The largest absolute Gasteiger partial charge is 0.398 e. The molecule has 0 aliphatic heterocycles. The molecule has 1 aromatic rings. The molecule has 0 amide bonds.